The number of carboxylic acids is 1. The summed E-state index contributed by atoms with van der Waals surface area (Å²) in [5.74, 6) is -1.18. The number of benzene rings is 2. The maximum atomic E-state index is 13.6. The average molecular weight is 741 g/mol. The molecule has 3 amide bonds. The maximum absolute atomic E-state index is 13.6. The van der Waals surface area contributed by atoms with Gasteiger partial charge in [-0.1, -0.05) is 71.0 Å². The van der Waals surface area contributed by atoms with E-state index in [0.29, 0.717) is 39.5 Å². The van der Waals surface area contributed by atoms with Gasteiger partial charge in [0, 0.05) is 40.8 Å². The van der Waals surface area contributed by atoms with Crippen molar-refractivity contribution in [3.63, 3.8) is 0 Å². The number of aliphatic hydroxyl groups is 1. The molecule has 0 aliphatic carbocycles. The van der Waals surface area contributed by atoms with Crippen LogP contribution in [0.2, 0.25) is 0 Å². The number of hydrogen-bond donors (Lipinski definition) is 5. The molecule has 2 atom stereocenters. The van der Waals surface area contributed by atoms with Crippen LogP contribution in [0.25, 0.3) is 32.6 Å². The van der Waals surface area contributed by atoms with Crippen molar-refractivity contribution in [3.05, 3.63) is 99.4 Å². The number of nitrogens with zero attached hydrogens (tertiary/aromatic N) is 3. The SMILES string of the molecule is CCNC(=O)Nc1cc(-c2nc([C@H](NC(=O)OCc3ccccc3)C(C)C)cs2)c(-c2ccc3c(c2)c(=O)c(C(=O)O)cn3[C@H](CO)C(C)(C)C)cn1. The van der Waals surface area contributed by atoms with Crippen LogP contribution in [-0.4, -0.2) is 56.0 Å². The molecule has 0 fully saturated rings. The standard InChI is InChI=1S/C39H44N6O7S/c1-7-40-37(50)43-32-16-25(35-42-29(21-53-35)33(22(2)3)44-38(51)52-20-23-11-9-8-10-12-23)27(17-41-32)24-13-14-30-26(15-24)34(47)28(36(48)49)18-45(30)31(19-46)39(4,5)6/h8-18,21-22,31,33,46H,7,19-20H2,1-6H3,(H,44,51)(H,48,49)(H2,40,41,43,50)/t31-,33-/m1/s1. The summed E-state index contributed by atoms with van der Waals surface area (Å²) in [5, 5.41) is 31.2. The lowest BCUT2D eigenvalue weighted by Gasteiger charge is -2.32. The molecular weight excluding hydrogens is 697 g/mol. The number of alkyl carbamates (subject to hydrolysis) is 1. The van der Waals surface area contributed by atoms with E-state index < -0.39 is 46.6 Å². The Morgan fingerprint density at radius 3 is 2.42 bits per heavy atom. The van der Waals surface area contributed by atoms with Crippen LogP contribution in [0.15, 0.2) is 77.2 Å². The van der Waals surface area contributed by atoms with Crippen LogP contribution in [0, 0.1) is 11.3 Å². The summed E-state index contributed by atoms with van der Waals surface area (Å²) in [5.41, 5.74) is 2.05. The number of hydrogen-bond acceptors (Lipinski definition) is 9. The van der Waals surface area contributed by atoms with Crippen LogP contribution in [-0.2, 0) is 11.3 Å². The van der Waals surface area contributed by atoms with Gasteiger partial charge in [0.05, 0.1) is 29.9 Å². The Morgan fingerprint density at radius 1 is 1.04 bits per heavy atom. The topological polar surface area (TPSA) is 185 Å². The van der Waals surface area contributed by atoms with Crippen molar-refractivity contribution in [1.82, 2.24) is 25.2 Å². The van der Waals surface area contributed by atoms with E-state index in [1.165, 1.54) is 17.5 Å². The van der Waals surface area contributed by atoms with Gasteiger partial charge in [-0.15, -0.1) is 11.3 Å². The van der Waals surface area contributed by atoms with Crippen LogP contribution < -0.4 is 21.4 Å². The van der Waals surface area contributed by atoms with Crippen molar-refractivity contribution in [2.45, 2.75) is 60.2 Å². The highest BCUT2D eigenvalue weighted by Gasteiger charge is 2.29. The average Bonchev–Trinajstić information content (AvgIpc) is 3.60. The fraction of sp³-hybridized carbons (Fsp3) is 0.333. The number of aromatic carboxylic acids is 1. The highest BCUT2D eigenvalue weighted by Crippen LogP contribution is 2.38. The Morgan fingerprint density at radius 2 is 1.77 bits per heavy atom. The summed E-state index contributed by atoms with van der Waals surface area (Å²) >= 11 is 1.33. The molecule has 3 heterocycles. The molecule has 5 N–H and O–H groups in total. The molecule has 0 unspecified atom stereocenters. The van der Waals surface area contributed by atoms with Gasteiger partial charge in [0.2, 0.25) is 5.43 Å². The summed E-state index contributed by atoms with van der Waals surface area (Å²) in [7, 11) is 0. The first-order valence-electron chi connectivity index (χ1n) is 17.2. The summed E-state index contributed by atoms with van der Waals surface area (Å²) in [6, 6.07) is 14.7. The molecule has 0 radical (unpaired) electrons. The van der Waals surface area contributed by atoms with Crippen molar-refractivity contribution in [2.75, 3.05) is 18.5 Å². The second kappa shape index (κ2) is 16.4. The van der Waals surface area contributed by atoms with Gasteiger partial charge in [0.1, 0.15) is 23.0 Å². The number of pyridine rings is 2. The smallest absolute Gasteiger partial charge is 0.408 e. The molecule has 0 bridgehead atoms. The molecule has 14 heteroatoms. The van der Waals surface area contributed by atoms with Gasteiger partial charge >= 0.3 is 18.1 Å². The molecule has 5 rings (SSSR count). The molecule has 53 heavy (non-hydrogen) atoms. The van der Waals surface area contributed by atoms with Crippen LogP contribution in [0.1, 0.15) is 75.2 Å². The zero-order valence-electron chi connectivity index (χ0n) is 30.5. The Bertz CT molecular complexity index is 2180. The van der Waals surface area contributed by atoms with E-state index in [1.54, 1.807) is 42.0 Å². The van der Waals surface area contributed by atoms with E-state index in [1.807, 2.05) is 70.3 Å². The van der Waals surface area contributed by atoms with Crippen molar-refractivity contribution < 1.29 is 29.3 Å². The Kier molecular flexibility index (Phi) is 11.9. The number of fused-ring (bicyclic) bond motifs is 1. The first-order chi connectivity index (χ1) is 25.2. The monoisotopic (exact) mass is 740 g/mol. The molecule has 13 nitrogen and oxygen atoms in total. The van der Waals surface area contributed by atoms with Gasteiger partial charge in [-0.05, 0) is 47.6 Å². The molecule has 0 saturated carbocycles. The van der Waals surface area contributed by atoms with Gasteiger partial charge in [-0.25, -0.2) is 24.4 Å². The molecule has 0 saturated heterocycles. The van der Waals surface area contributed by atoms with Crippen LogP contribution in [0.5, 0.6) is 0 Å². The maximum Gasteiger partial charge on any atom is 0.408 e. The van der Waals surface area contributed by atoms with Crippen LogP contribution in [0.4, 0.5) is 15.4 Å². The third-order valence-corrected chi connectivity index (χ3v) is 9.68. The van der Waals surface area contributed by atoms with Crippen molar-refractivity contribution in [2.24, 2.45) is 11.3 Å². The molecule has 5 aromatic rings. The lowest BCUT2D eigenvalue weighted by atomic mass is 9.86. The number of urea groups is 1. The number of aliphatic hydroxyl groups excluding tert-OH is 1. The van der Waals surface area contributed by atoms with E-state index >= 15 is 0 Å². The molecule has 0 spiro atoms. The predicted molar refractivity (Wildman–Crippen MR) is 205 cm³/mol. The first kappa shape index (κ1) is 38.6. The Labute approximate surface area is 311 Å². The zero-order chi connectivity index (χ0) is 38.4. The minimum Gasteiger partial charge on any atom is -0.477 e. The van der Waals surface area contributed by atoms with E-state index in [-0.39, 0.29) is 30.3 Å². The Balaban J connectivity index is 1.59. The number of ether oxygens (including phenoxy) is 1. The summed E-state index contributed by atoms with van der Waals surface area (Å²) in [6.45, 7) is 11.7. The number of carbonyl (C=O) groups excluding carboxylic acids is 2. The van der Waals surface area contributed by atoms with E-state index in [4.69, 9.17) is 9.72 Å². The lowest BCUT2D eigenvalue weighted by Crippen LogP contribution is -2.32. The van der Waals surface area contributed by atoms with Crippen molar-refractivity contribution in [1.29, 1.82) is 0 Å². The number of thiazole rings is 1. The number of anilines is 1. The first-order valence-corrected chi connectivity index (χ1v) is 18.1. The van der Waals surface area contributed by atoms with Gasteiger partial charge in [-0.2, -0.15) is 0 Å². The number of aromatic nitrogens is 3. The van der Waals surface area contributed by atoms with E-state index in [9.17, 15) is 29.4 Å². The molecule has 2 aromatic carbocycles. The summed E-state index contributed by atoms with van der Waals surface area (Å²) < 4.78 is 7.13. The van der Waals surface area contributed by atoms with Crippen LogP contribution >= 0.6 is 11.3 Å². The third kappa shape index (κ3) is 8.90. The summed E-state index contributed by atoms with van der Waals surface area (Å²) in [4.78, 5) is 60.6. The largest absolute Gasteiger partial charge is 0.477 e. The summed E-state index contributed by atoms with van der Waals surface area (Å²) in [6.07, 6.45) is 2.27. The number of carboxylic acid groups (broad SMARTS) is 1. The third-order valence-electron chi connectivity index (χ3n) is 8.79. The van der Waals surface area contributed by atoms with Crippen molar-refractivity contribution >= 4 is 46.2 Å². The second-order valence-electron chi connectivity index (χ2n) is 14.0. The molecule has 3 aromatic heterocycles. The molecular formula is C39H44N6O7S. The zero-order valence-corrected chi connectivity index (χ0v) is 31.3. The molecule has 278 valence electrons. The Hall–Kier alpha value is -5.60. The number of amides is 3. The number of nitrogens with one attached hydrogen (secondary N) is 3. The highest BCUT2D eigenvalue weighted by molar-refractivity contribution is 7.13. The quantitative estimate of drug-likeness (QED) is 0.0880. The van der Waals surface area contributed by atoms with Gasteiger partial charge in [0.15, 0.2) is 0 Å². The minimum absolute atomic E-state index is 0.0527. The van der Waals surface area contributed by atoms with E-state index in [0.717, 1.165) is 5.56 Å². The van der Waals surface area contributed by atoms with Gasteiger partial charge in [-0.3, -0.25) is 10.1 Å². The predicted octanol–water partition coefficient (Wildman–Crippen LogP) is 7.23. The molecule has 0 aliphatic heterocycles. The second-order valence-corrected chi connectivity index (χ2v) is 14.8. The van der Waals surface area contributed by atoms with Gasteiger partial charge in [0.25, 0.3) is 0 Å². The minimum atomic E-state index is -1.38. The molecule has 0 aliphatic rings. The lowest BCUT2D eigenvalue weighted by molar-refractivity contribution is 0.0692. The van der Waals surface area contributed by atoms with Crippen LogP contribution in [0.3, 0.4) is 0 Å². The fourth-order valence-electron chi connectivity index (χ4n) is 5.99. The normalized spacial score (nSPS) is 12.7. The van der Waals surface area contributed by atoms with E-state index in [2.05, 4.69) is 20.9 Å². The number of rotatable bonds is 12. The van der Waals surface area contributed by atoms with Crippen molar-refractivity contribution in [3.8, 4) is 21.7 Å². The highest BCUT2D eigenvalue weighted by atomic mass is 32.1. The van der Waals surface area contributed by atoms with Gasteiger partial charge < -0.3 is 30.2 Å². The number of carbonyl (C=O) groups is 3. The fourth-order valence-corrected chi connectivity index (χ4v) is 6.88.